The van der Waals surface area contributed by atoms with E-state index in [0.29, 0.717) is 0 Å². The number of rotatable bonds is 3. The molecule has 2 nitrogen and oxygen atoms in total. The standard InChI is InChI=1S/C42H28N2/c1-2-11-27(12-3-1)28-13-8-14-30(25-28)43-38-21-6-4-15-32(38)35-18-9-17-31(41(35)43)29-23-24-34-37-20-10-19-36-33-16-5-7-22-39(33)44(42(36)37)40(34)26-29/h1-25,29H,26H2. The summed E-state index contributed by atoms with van der Waals surface area (Å²) in [5.74, 6) is 0.253. The van der Waals surface area contributed by atoms with Crippen LogP contribution in [0.25, 0.3) is 71.9 Å². The normalized spacial score (nSPS) is 14.9. The molecule has 0 fully saturated rings. The predicted octanol–water partition coefficient (Wildman–Crippen LogP) is 10.8. The maximum atomic E-state index is 2.55. The lowest BCUT2D eigenvalue weighted by Gasteiger charge is -2.21. The average Bonchev–Trinajstić information content (AvgIpc) is 3.74. The van der Waals surface area contributed by atoms with Gasteiger partial charge in [-0.25, -0.2) is 0 Å². The molecule has 0 aliphatic heterocycles. The van der Waals surface area contributed by atoms with Gasteiger partial charge < -0.3 is 8.97 Å². The molecule has 3 aromatic heterocycles. The highest BCUT2D eigenvalue weighted by Crippen LogP contribution is 2.44. The fourth-order valence-electron chi connectivity index (χ4n) is 7.95. The third kappa shape index (κ3) is 3.20. The number of hydrogen-bond acceptors (Lipinski definition) is 0. The number of allylic oxidation sites excluding steroid dienone is 1. The summed E-state index contributed by atoms with van der Waals surface area (Å²) in [6.45, 7) is 0. The summed E-state index contributed by atoms with van der Waals surface area (Å²) in [5, 5.41) is 6.63. The van der Waals surface area contributed by atoms with Crippen molar-refractivity contribution in [2.45, 2.75) is 12.3 Å². The van der Waals surface area contributed by atoms with E-state index in [1.54, 1.807) is 0 Å². The van der Waals surface area contributed by atoms with Gasteiger partial charge in [-0.2, -0.15) is 0 Å². The summed E-state index contributed by atoms with van der Waals surface area (Å²) in [6, 6.07) is 51.1. The number of benzene rings is 6. The topological polar surface area (TPSA) is 9.34 Å². The number of nitrogens with zero attached hydrogens (tertiary/aromatic N) is 2. The fraction of sp³-hybridized carbons (Fsp3) is 0.0476. The van der Waals surface area contributed by atoms with Gasteiger partial charge in [-0.1, -0.05) is 127 Å². The van der Waals surface area contributed by atoms with Crippen molar-refractivity contribution in [3.05, 3.63) is 162 Å². The lowest BCUT2D eigenvalue weighted by atomic mass is 9.86. The minimum atomic E-state index is 0.253. The van der Waals surface area contributed by atoms with Crippen LogP contribution in [0.3, 0.4) is 0 Å². The van der Waals surface area contributed by atoms with Crippen LogP contribution in [0.15, 0.2) is 146 Å². The van der Waals surface area contributed by atoms with E-state index in [-0.39, 0.29) is 5.92 Å². The molecular formula is C42H28N2. The highest BCUT2D eigenvalue weighted by Gasteiger charge is 2.27. The Morgan fingerprint density at radius 2 is 1.14 bits per heavy atom. The molecule has 2 heteroatoms. The second kappa shape index (κ2) is 8.95. The molecule has 1 atom stereocenters. The predicted molar refractivity (Wildman–Crippen MR) is 185 cm³/mol. The van der Waals surface area contributed by atoms with Crippen LogP contribution in [0.5, 0.6) is 0 Å². The number of fused-ring (bicyclic) bond motifs is 9. The largest absolute Gasteiger partial charge is 0.312 e. The summed E-state index contributed by atoms with van der Waals surface area (Å²) in [7, 11) is 0. The van der Waals surface area contributed by atoms with Crippen LogP contribution in [0.2, 0.25) is 0 Å². The number of aromatic nitrogens is 2. The zero-order valence-corrected chi connectivity index (χ0v) is 24.1. The SMILES string of the molecule is C1=CC(c2cccc3c4ccccc4n(-c4cccc(-c5ccccc5)c4)c23)Cc2c1c1cccc3c4ccccc4n2c13. The van der Waals surface area contributed by atoms with Crippen LogP contribution in [0, 0.1) is 0 Å². The molecule has 3 heterocycles. The molecule has 1 aliphatic carbocycles. The molecule has 1 aliphatic rings. The molecule has 6 aromatic carbocycles. The third-order valence-electron chi connectivity index (χ3n) is 9.81. The first-order valence-electron chi connectivity index (χ1n) is 15.5. The van der Waals surface area contributed by atoms with E-state index in [4.69, 9.17) is 0 Å². The summed E-state index contributed by atoms with van der Waals surface area (Å²) in [5.41, 5.74) is 13.0. The monoisotopic (exact) mass is 560 g/mol. The van der Waals surface area contributed by atoms with Gasteiger partial charge in [0.1, 0.15) is 0 Å². The van der Waals surface area contributed by atoms with Crippen molar-refractivity contribution in [2.75, 3.05) is 0 Å². The second-order valence-electron chi connectivity index (χ2n) is 12.1. The van der Waals surface area contributed by atoms with Crippen LogP contribution in [0.4, 0.5) is 0 Å². The Labute approximate surface area is 255 Å². The van der Waals surface area contributed by atoms with Gasteiger partial charge in [-0.15, -0.1) is 0 Å². The van der Waals surface area contributed by atoms with Crippen molar-refractivity contribution in [3.8, 4) is 16.8 Å². The maximum Gasteiger partial charge on any atom is 0.0617 e. The smallest absolute Gasteiger partial charge is 0.0617 e. The maximum absolute atomic E-state index is 2.55. The Balaban J connectivity index is 1.21. The molecule has 0 radical (unpaired) electrons. The second-order valence-corrected chi connectivity index (χ2v) is 12.1. The van der Waals surface area contributed by atoms with Gasteiger partial charge in [0.05, 0.1) is 22.1 Å². The molecule has 0 spiro atoms. The van der Waals surface area contributed by atoms with Gasteiger partial charge in [-0.05, 0) is 47.4 Å². The molecule has 206 valence electrons. The van der Waals surface area contributed by atoms with Crippen LogP contribution in [-0.4, -0.2) is 8.97 Å². The Kier molecular flexibility index (Phi) is 4.86. The molecule has 44 heavy (non-hydrogen) atoms. The first-order valence-corrected chi connectivity index (χ1v) is 15.5. The summed E-state index contributed by atoms with van der Waals surface area (Å²) in [6.07, 6.45) is 5.80. The summed E-state index contributed by atoms with van der Waals surface area (Å²) >= 11 is 0. The molecule has 0 amide bonds. The Hall–Kier alpha value is -5.60. The molecule has 0 N–H and O–H groups in total. The molecule has 0 saturated heterocycles. The molecular weight excluding hydrogens is 532 g/mol. The average molecular weight is 561 g/mol. The van der Waals surface area contributed by atoms with E-state index in [9.17, 15) is 0 Å². The van der Waals surface area contributed by atoms with Crippen LogP contribution >= 0.6 is 0 Å². The Morgan fingerprint density at radius 3 is 2.00 bits per heavy atom. The first-order chi connectivity index (χ1) is 21.8. The van der Waals surface area contributed by atoms with E-state index in [1.807, 2.05) is 0 Å². The summed E-state index contributed by atoms with van der Waals surface area (Å²) < 4.78 is 5.04. The van der Waals surface area contributed by atoms with Crippen molar-refractivity contribution in [1.82, 2.24) is 8.97 Å². The van der Waals surface area contributed by atoms with Crippen molar-refractivity contribution >= 4 is 55.1 Å². The van der Waals surface area contributed by atoms with Crippen molar-refractivity contribution in [3.63, 3.8) is 0 Å². The zero-order chi connectivity index (χ0) is 28.8. The molecule has 0 saturated carbocycles. The van der Waals surface area contributed by atoms with Crippen molar-refractivity contribution in [2.24, 2.45) is 0 Å². The minimum absolute atomic E-state index is 0.253. The zero-order valence-electron chi connectivity index (χ0n) is 24.1. The van der Waals surface area contributed by atoms with Gasteiger partial charge in [0.2, 0.25) is 0 Å². The molecule has 0 bridgehead atoms. The Bertz CT molecular complexity index is 2580. The highest BCUT2D eigenvalue weighted by atomic mass is 15.0. The van der Waals surface area contributed by atoms with Crippen LogP contribution in [0.1, 0.15) is 22.7 Å². The van der Waals surface area contributed by atoms with E-state index in [1.165, 1.54) is 82.6 Å². The summed E-state index contributed by atoms with van der Waals surface area (Å²) in [4.78, 5) is 0. The van der Waals surface area contributed by atoms with E-state index in [2.05, 4.69) is 161 Å². The van der Waals surface area contributed by atoms with Gasteiger partial charge in [0, 0.05) is 49.8 Å². The highest BCUT2D eigenvalue weighted by molar-refractivity contribution is 6.17. The van der Waals surface area contributed by atoms with Crippen molar-refractivity contribution < 1.29 is 0 Å². The lowest BCUT2D eigenvalue weighted by Crippen LogP contribution is -2.09. The number of hydrogen-bond donors (Lipinski definition) is 0. The number of para-hydroxylation sites is 4. The van der Waals surface area contributed by atoms with Crippen LogP contribution in [-0.2, 0) is 6.42 Å². The lowest BCUT2D eigenvalue weighted by molar-refractivity contribution is 0.801. The van der Waals surface area contributed by atoms with E-state index in [0.717, 1.165) is 6.42 Å². The molecule has 9 aromatic rings. The van der Waals surface area contributed by atoms with Gasteiger partial charge in [-0.3, -0.25) is 0 Å². The van der Waals surface area contributed by atoms with Crippen LogP contribution < -0.4 is 0 Å². The fourth-order valence-corrected chi connectivity index (χ4v) is 7.95. The van der Waals surface area contributed by atoms with Crippen molar-refractivity contribution in [1.29, 1.82) is 0 Å². The quantitative estimate of drug-likeness (QED) is 0.203. The molecule has 10 rings (SSSR count). The van der Waals surface area contributed by atoms with Gasteiger partial charge in [0.25, 0.3) is 0 Å². The third-order valence-corrected chi connectivity index (χ3v) is 9.81. The van der Waals surface area contributed by atoms with E-state index < -0.39 is 0 Å². The van der Waals surface area contributed by atoms with Gasteiger partial charge in [0.15, 0.2) is 0 Å². The van der Waals surface area contributed by atoms with E-state index >= 15 is 0 Å². The van der Waals surface area contributed by atoms with Gasteiger partial charge >= 0.3 is 0 Å². The first kappa shape index (κ1) is 23.9. The molecule has 1 unspecified atom stereocenters. The Morgan fingerprint density at radius 1 is 0.500 bits per heavy atom. The minimum Gasteiger partial charge on any atom is -0.312 e.